The van der Waals surface area contributed by atoms with Crippen molar-refractivity contribution in [3.05, 3.63) is 51.1 Å². The van der Waals surface area contributed by atoms with Crippen molar-refractivity contribution in [3.63, 3.8) is 0 Å². The van der Waals surface area contributed by atoms with Crippen LogP contribution < -0.4 is 5.56 Å². The van der Waals surface area contributed by atoms with Crippen molar-refractivity contribution in [1.82, 2.24) is 9.97 Å². The van der Waals surface area contributed by atoms with E-state index in [2.05, 4.69) is 4.98 Å². The summed E-state index contributed by atoms with van der Waals surface area (Å²) in [6.07, 6.45) is 1.91. The summed E-state index contributed by atoms with van der Waals surface area (Å²) >= 11 is 1.51. The van der Waals surface area contributed by atoms with Crippen molar-refractivity contribution in [2.45, 2.75) is 38.7 Å². The van der Waals surface area contributed by atoms with E-state index < -0.39 is 0 Å². The number of ether oxygens (including phenoxy) is 1. The van der Waals surface area contributed by atoms with Gasteiger partial charge in [0.1, 0.15) is 16.5 Å². The minimum Gasteiger partial charge on any atom is -0.378 e. The fourth-order valence-electron chi connectivity index (χ4n) is 3.54. The Morgan fingerprint density at radius 2 is 2.08 bits per heavy atom. The summed E-state index contributed by atoms with van der Waals surface area (Å²) in [4.78, 5) is 22.3. The first-order chi connectivity index (χ1) is 12.0. The molecule has 0 unspecified atom stereocenters. The molecular formula is C19H19FN2O2S. The summed E-state index contributed by atoms with van der Waals surface area (Å²) in [5.74, 6) is 0.681. The average molecular weight is 358 g/mol. The molecule has 1 N–H and O–H groups in total. The molecule has 6 heteroatoms. The van der Waals surface area contributed by atoms with E-state index in [4.69, 9.17) is 9.72 Å². The van der Waals surface area contributed by atoms with E-state index in [1.165, 1.54) is 23.5 Å². The van der Waals surface area contributed by atoms with Crippen LogP contribution in [0, 0.1) is 12.7 Å². The second-order valence-corrected chi connectivity index (χ2v) is 7.78. The molecule has 3 heterocycles. The molecule has 0 spiro atoms. The van der Waals surface area contributed by atoms with Gasteiger partial charge in [-0.05, 0) is 44.4 Å². The molecule has 4 rings (SSSR count). The van der Waals surface area contributed by atoms with E-state index in [1.807, 2.05) is 13.8 Å². The Morgan fingerprint density at radius 1 is 1.32 bits per heavy atom. The SMILES string of the molecule is Cc1sc2nc([C@H]3CCO[C@H](C)C3)[nH]c(=O)c2c1-c1ccc(F)cc1. The molecule has 1 saturated heterocycles. The smallest absolute Gasteiger partial charge is 0.260 e. The van der Waals surface area contributed by atoms with E-state index >= 15 is 0 Å². The maximum absolute atomic E-state index is 13.2. The predicted molar refractivity (Wildman–Crippen MR) is 97.8 cm³/mol. The van der Waals surface area contributed by atoms with Crippen LogP contribution >= 0.6 is 11.3 Å². The second-order valence-electron chi connectivity index (χ2n) is 6.57. The number of nitrogens with one attached hydrogen (secondary N) is 1. The maximum atomic E-state index is 13.2. The molecule has 130 valence electrons. The first-order valence-electron chi connectivity index (χ1n) is 8.44. The highest BCUT2D eigenvalue weighted by Crippen LogP contribution is 2.36. The molecule has 4 nitrogen and oxygen atoms in total. The van der Waals surface area contributed by atoms with Crippen molar-refractivity contribution in [2.24, 2.45) is 0 Å². The molecule has 25 heavy (non-hydrogen) atoms. The number of rotatable bonds is 2. The molecule has 0 saturated carbocycles. The number of aryl methyl sites for hydroxylation is 1. The number of hydrogen-bond acceptors (Lipinski definition) is 4. The lowest BCUT2D eigenvalue weighted by molar-refractivity contribution is 0.0173. The Balaban J connectivity index is 1.84. The molecule has 0 radical (unpaired) electrons. The van der Waals surface area contributed by atoms with E-state index in [1.54, 1.807) is 12.1 Å². The summed E-state index contributed by atoms with van der Waals surface area (Å²) in [5, 5.41) is 0.595. The zero-order chi connectivity index (χ0) is 17.6. The van der Waals surface area contributed by atoms with Crippen molar-refractivity contribution >= 4 is 21.6 Å². The van der Waals surface area contributed by atoms with Crippen molar-refractivity contribution in [2.75, 3.05) is 6.61 Å². The number of nitrogens with zero attached hydrogens (tertiary/aromatic N) is 1. The highest BCUT2D eigenvalue weighted by atomic mass is 32.1. The molecule has 2 aromatic heterocycles. The Bertz CT molecular complexity index is 977. The second kappa shape index (κ2) is 6.35. The molecule has 0 aliphatic carbocycles. The first-order valence-corrected chi connectivity index (χ1v) is 9.25. The van der Waals surface area contributed by atoms with E-state index in [9.17, 15) is 9.18 Å². The quantitative estimate of drug-likeness (QED) is 0.739. The van der Waals surface area contributed by atoms with Gasteiger partial charge in [-0.3, -0.25) is 4.79 Å². The summed E-state index contributed by atoms with van der Waals surface area (Å²) in [5.41, 5.74) is 1.56. The molecule has 3 aromatic rings. The van der Waals surface area contributed by atoms with Crippen LogP contribution in [-0.2, 0) is 4.74 Å². The summed E-state index contributed by atoms with van der Waals surface area (Å²) in [6.45, 7) is 4.71. The number of aromatic amines is 1. The topological polar surface area (TPSA) is 55.0 Å². The molecule has 2 atom stereocenters. The Morgan fingerprint density at radius 3 is 2.80 bits per heavy atom. The average Bonchev–Trinajstić information content (AvgIpc) is 2.92. The highest BCUT2D eigenvalue weighted by molar-refractivity contribution is 7.19. The summed E-state index contributed by atoms with van der Waals surface area (Å²) in [7, 11) is 0. The largest absolute Gasteiger partial charge is 0.378 e. The molecule has 1 aliphatic heterocycles. The number of benzene rings is 1. The molecule has 0 bridgehead atoms. The Kier molecular flexibility index (Phi) is 4.17. The van der Waals surface area contributed by atoms with Gasteiger partial charge in [0.2, 0.25) is 0 Å². The number of H-pyrrole nitrogens is 1. The minimum atomic E-state index is -0.288. The molecule has 0 amide bonds. The first kappa shape index (κ1) is 16.4. The van der Waals surface area contributed by atoms with Gasteiger partial charge in [0.05, 0.1) is 11.5 Å². The summed E-state index contributed by atoms with van der Waals surface area (Å²) < 4.78 is 18.8. The molecular weight excluding hydrogens is 339 g/mol. The third-order valence-electron chi connectivity index (χ3n) is 4.76. The van der Waals surface area contributed by atoms with Crippen LogP contribution in [0.2, 0.25) is 0 Å². The van der Waals surface area contributed by atoms with Gasteiger partial charge < -0.3 is 9.72 Å². The summed E-state index contributed by atoms with van der Waals surface area (Å²) in [6, 6.07) is 6.24. The third-order valence-corrected chi connectivity index (χ3v) is 5.76. The molecule has 1 fully saturated rings. The Labute approximate surface area is 148 Å². The fourth-order valence-corrected chi connectivity index (χ4v) is 4.59. The normalized spacial score (nSPS) is 20.9. The van der Waals surface area contributed by atoms with Crippen LogP contribution in [0.15, 0.2) is 29.1 Å². The molecule has 1 aromatic carbocycles. The van der Waals surface area contributed by atoms with Gasteiger partial charge in [-0.25, -0.2) is 9.37 Å². The number of fused-ring (bicyclic) bond motifs is 1. The highest BCUT2D eigenvalue weighted by Gasteiger charge is 2.25. The van der Waals surface area contributed by atoms with E-state index in [-0.39, 0.29) is 23.4 Å². The minimum absolute atomic E-state index is 0.122. The van der Waals surface area contributed by atoms with Crippen LogP contribution in [0.3, 0.4) is 0 Å². The van der Waals surface area contributed by atoms with Gasteiger partial charge in [0.25, 0.3) is 5.56 Å². The van der Waals surface area contributed by atoms with Gasteiger partial charge in [-0.1, -0.05) is 12.1 Å². The van der Waals surface area contributed by atoms with Crippen LogP contribution in [0.1, 0.15) is 36.4 Å². The zero-order valence-corrected chi connectivity index (χ0v) is 15.0. The van der Waals surface area contributed by atoms with Gasteiger partial charge in [0.15, 0.2) is 0 Å². The van der Waals surface area contributed by atoms with Gasteiger partial charge in [-0.2, -0.15) is 0 Å². The standard InChI is InChI=1S/C19H19FN2O2S/c1-10-9-13(7-8-24-10)17-21-18(23)16-15(11(2)25-19(16)22-17)12-3-5-14(20)6-4-12/h3-6,10,13H,7-9H2,1-2H3,(H,21,22,23)/t10-,13+/m1/s1. The lowest BCUT2D eigenvalue weighted by atomic mass is 9.95. The van der Waals surface area contributed by atoms with Gasteiger partial charge in [0, 0.05) is 23.0 Å². The number of halogens is 1. The van der Waals surface area contributed by atoms with Gasteiger partial charge >= 0.3 is 0 Å². The van der Waals surface area contributed by atoms with Crippen LogP contribution in [0.5, 0.6) is 0 Å². The monoisotopic (exact) mass is 358 g/mol. The maximum Gasteiger partial charge on any atom is 0.260 e. The van der Waals surface area contributed by atoms with Crippen LogP contribution in [0.25, 0.3) is 21.3 Å². The zero-order valence-electron chi connectivity index (χ0n) is 14.1. The van der Waals surface area contributed by atoms with Crippen LogP contribution in [-0.4, -0.2) is 22.7 Å². The third kappa shape index (κ3) is 3.00. The van der Waals surface area contributed by atoms with E-state index in [0.29, 0.717) is 12.0 Å². The fraction of sp³-hybridized carbons (Fsp3) is 0.368. The number of thiophene rings is 1. The van der Waals surface area contributed by atoms with Crippen molar-refractivity contribution in [3.8, 4) is 11.1 Å². The van der Waals surface area contributed by atoms with Crippen LogP contribution in [0.4, 0.5) is 4.39 Å². The molecule has 1 aliphatic rings. The van der Waals surface area contributed by atoms with Gasteiger partial charge in [-0.15, -0.1) is 11.3 Å². The lowest BCUT2D eigenvalue weighted by Crippen LogP contribution is -2.24. The lowest BCUT2D eigenvalue weighted by Gasteiger charge is -2.26. The van der Waals surface area contributed by atoms with Crippen molar-refractivity contribution in [1.29, 1.82) is 0 Å². The van der Waals surface area contributed by atoms with Crippen molar-refractivity contribution < 1.29 is 9.13 Å². The van der Waals surface area contributed by atoms with E-state index in [0.717, 1.165) is 39.5 Å². The predicted octanol–water partition coefficient (Wildman–Crippen LogP) is 4.38. The Hall–Kier alpha value is -2.05. The number of hydrogen-bond donors (Lipinski definition) is 1. The number of aromatic nitrogens is 2.